The number of carbonyl (C=O) groups excluding carboxylic acids is 1. The van der Waals surface area contributed by atoms with Gasteiger partial charge in [0.25, 0.3) is 5.91 Å². The van der Waals surface area contributed by atoms with E-state index >= 15 is 0 Å². The van der Waals surface area contributed by atoms with Crippen molar-refractivity contribution in [2.24, 2.45) is 24.8 Å². The van der Waals surface area contributed by atoms with Crippen LogP contribution in [0, 0.1) is 17.8 Å². The van der Waals surface area contributed by atoms with Crippen LogP contribution in [0.25, 0.3) is 10.6 Å². The van der Waals surface area contributed by atoms with E-state index in [1.54, 1.807) is 10.9 Å². The van der Waals surface area contributed by atoms with E-state index in [0.29, 0.717) is 11.7 Å². The Morgan fingerprint density at radius 1 is 1.21 bits per heavy atom. The second-order valence-electron chi connectivity index (χ2n) is 7.64. The molecule has 3 fully saturated rings. The number of thiazole rings is 1. The monoisotopic (exact) mass is 342 g/mol. The first-order chi connectivity index (χ1) is 11.7. The van der Waals surface area contributed by atoms with Gasteiger partial charge in [0.05, 0.1) is 6.20 Å². The van der Waals surface area contributed by atoms with Gasteiger partial charge in [-0.2, -0.15) is 5.10 Å². The highest BCUT2D eigenvalue weighted by Gasteiger charge is 2.48. The maximum Gasteiger partial charge on any atom is 0.273 e. The van der Waals surface area contributed by atoms with Crippen molar-refractivity contribution in [3.63, 3.8) is 0 Å². The summed E-state index contributed by atoms with van der Waals surface area (Å²) in [6.07, 6.45) is 10.3. The van der Waals surface area contributed by atoms with Crippen LogP contribution in [-0.4, -0.2) is 38.2 Å². The summed E-state index contributed by atoms with van der Waals surface area (Å²) in [5.41, 5.74) is 1.60. The van der Waals surface area contributed by atoms with E-state index in [4.69, 9.17) is 0 Å². The number of nitrogens with zero attached hydrogens (tertiary/aromatic N) is 4. The summed E-state index contributed by atoms with van der Waals surface area (Å²) in [5, 5.41) is 6.99. The number of rotatable bonds is 4. The Hall–Kier alpha value is -1.69. The summed E-state index contributed by atoms with van der Waals surface area (Å²) >= 11 is 1.54. The summed E-state index contributed by atoms with van der Waals surface area (Å²) in [7, 11) is 1.89. The maximum atomic E-state index is 13.1. The highest BCUT2D eigenvalue weighted by molar-refractivity contribution is 7.13. The predicted molar refractivity (Wildman–Crippen MR) is 92.7 cm³/mol. The Balaban J connectivity index is 1.38. The maximum absolute atomic E-state index is 13.1. The highest BCUT2D eigenvalue weighted by Crippen LogP contribution is 2.48. The fraction of sp³-hybridized carbons (Fsp3) is 0.611. The molecule has 2 aromatic heterocycles. The fourth-order valence-corrected chi connectivity index (χ4v) is 4.92. The zero-order valence-electron chi connectivity index (χ0n) is 13.9. The third kappa shape index (κ3) is 2.57. The van der Waals surface area contributed by atoms with Crippen molar-refractivity contribution >= 4 is 17.2 Å². The van der Waals surface area contributed by atoms with Crippen molar-refractivity contribution in [2.45, 2.75) is 38.1 Å². The zero-order chi connectivity index (χ0) is 16.3. The van der Waals surface area contributed by atoms with Crippen molar-refractivity contribution < 1.29 is 4.79 Å². The van der Waals surface area contributed by atoms with E-state index in [1.165, 1.54) is 43.4 Å². The Kier molecular flexibility index (Phi) is 3.30. The number of aryl methyl sites for hydroxylation is 1. The molecule has 0 bridgehead atoms. The standard InChI is InChI=1S/C18H22N4OS/c1-21-8-14(7-19-21)17-20-15(10-24-17)18(23)22-9-13(11-2-3-11)6-16(22)12-4-5-12/h7-8,10-13,16H,2-6,9H2,1H3/t13-,16-/m1/s1. The lowest BCUT2D eigenvalue weighted by atomic mass is 9.98. The fourth-order valence-electron chi connectivity index (χ4n) is 4.15. The molecular formula is C18H22N4OS. The lowest BCUT2D eigenvalue weighted by Crippen LogP contribution is -2.37. The first-order valence-corrected chi connectivity index (χ1v) is 9.82. The summed E-state index contributed by atoms with van der Waals surface area (Å²) in [6, 6.07) is 0.464. The highest BCUT2D eigenvalue weighted by atomic mass is 32.1. The number of hydrogen-bond donors (Lipinski definition) is 0. The van der Waals surface area contributed by atoms with Gasteiger partial charge in [0.2, 0.25) is 0 Å². The van der Waals surface area contributed by atoms with Gasteiger partial charge in [-0.25, -0.2) is 4.98 Å². The molecule has 5 nitrogen and oxygen atoms in total. The second kappa shape index (κ2) is 5.41. The van der Waals surface area contributed by atoms with Crippen LogP contribution in [0.2, 0.25) is 0 Å². The minimum atomic E-state index is 0.140. The lowest BCUT2D eigenvalue weighted by molar-refractivity contribution is 0.0711. The van der Waals surface area contributed by atoms with Crippen LogP contribution in [0.15, 0.2) is 17.8 Å². The molecule has 0 spiro atoms. The molecule has 0 N–H and O–H groups in total. The molecule has 5 rings (SSSR count). The first-order valence-electron chi connectivity index (χ1n) is 8.94. The van der Waals surface area contributed by atoms with Gasteiger partial charge < -0.3 is 4.90 Å². The Morgan fingerprint density at radius 3 is 2.67 bits per heavy atom. The van der Waals surface area contributed by atoms with Gasteiger partial charge in [-0.05, 0) is 49.9 Å². The molecule has 1 amide bonds. The summed E-state index contributed by atoms with van der Waals surface area (Å²) in [5.74, 6) is 2.50. The molecule has 2 aliphatic carbocycles. The quantitative estimate of drug-likeness (QED) is 0.857. The molecule has 24 heavy (non-hydrogen) atoms. The molecule has 6 heteroatoms. The summed E-state index contributed by atoms with van der Waals surface area (Å²) < 4.78 is 1.77. The molecule has 3 heterocycles. The van der Waals surface area contributed by atoms with Gasteiger partial charge in [0.15, 0.2) is 0 Å². The van der Waals surface area contributed by atoms with E-state index < -0.39 is 0 Å². The molecule has 2 atom stereocenters. The molecule has 0 unspecified atom stereocenters. The number of hydrogen-bond acceptors (Lipinski definition) is 4. The van der Waals surface area contributed by atoms with Crippen molar-refractivity contribution in [2.75, 3.05) is 6.54 Å². The minimum absolute atomic E-state index is 0.140. The van der Waals surface area contributed by atoms with Gasteiger partial charge in [0, 0.05) is 36.8 Å². The van der Waals surface area contributed by atoms with Crippen molar-refractivity contribution in [3.8, 4) is 10.6 Å². The molecule has 3 aliphatic rings. The molecular weight excluding hydrogens is 320 g/mol. The van der Waals surface area contributed by atoms with E-state index in [2.05, 4.69) is 15.0 Å². The van der Waals surface area contributed by atoms with Gasteiger partial charge >= 0.3 is 0 Å². The molecule has 0 radical (unpaired) electrons. The van der Waals surface area contributed by atoms with Gasteiger partial charge in [0.1, 0.15) is 10.7 Å². The molecule has 126 valence electrons. The van der Waals surface area contributed by atoms with Crippen LogP contribution in [-0.2, 0) is 7.05 Å². The third-order valence-electron chi connectivity index (χ3n) is 5.77. The van der Waals surface area contributed by atoms with Crippen molar-refractivity contribution in [1.29, 1.82) is 0 Å². The van der Waals surface area contributed by atoms with Gasteiger partial charge in [-0.3, -0.25) is 9.48 Å². The summed E-state index contributed by atoms with van der Waals surface area (Å²) in [4.78, 5) is 19.8. The molecule has 1 aliphatic heterocycles. The van der Waals surface area contributed by atoms with E-state index in [1.807, 2.05) is 18.6 Å². The van der Waals surface area contributed by atoms with Crippen LogP contribution < -0.4 is 0 Å². The van der Waals surface area contributed by atoms with Crippen molar-refractivity contribution in [1.82, 2.24) is 19.7 Å². The third-order valence-corrected chi connectivity index (χ3v) is 6.66. The largest absolute Gasteiger partial charge is 0.334 e. The molecule has 2 aromatic rings. The average molecular weight is 342 g/mol. The lowest BCUT2D eigenvalue weighted by Gasteiger charge is -2.23. The van der Waals surface area contributed by atoms with E-state index in [0.717, 1.165) is 34.9 Å². The second-order valence-corrected chi connectivity index (χ2v) is 8.49. The number of aromatic nitrogens is 3. The van der Waals surface area contributed by atoms with Crippen LogP contribution >= 0.6 is 11.3 Å². The number of likely N-dealkylation sites (tertiary alicyclic amines) is 1. The average Bonchev–Trinajstić information content (AvgIpc) is 3.47. The topological polar surface area (TPSA) is 51.0 Å². The van der Waals surface area contributed by atoms with E-state index in [-0.39, 0.29) is 5.91 Å². The van der Waals surface area contributed by atoms with Crippen LogP contribution in [0.1, 0.15) is 42.6 Å². The van der Waals surface area contributed by atoms with Crippen LogP contribution in [0.3, 0.4) is 0 Å². The molecule has 2 saturated carbocycles. The normalized spacial score (nSPS) is 27.0. The number of carbonyl (C=O) groups is 1. The van der Waals surface area contributed by atoms with Crippen LogP contribution in [0.4, 0.5) is 0 Å². The Morgan fingerprint density at radius 2 is 2.00 bits per heavy atom. The molecule has 0 aromatic carbocycles. The number of amides is 1. The molecule has 1 saturated heterocycles. The summed E-state index contributed by atoms with van der Waals surface area (Å²) in [6.45, 7) is 0.949. The van der Waals surface area contributed by atoms with E-state index in [9.17, 15) is 4.79 Å². The Bertz CT molecular complexity index is 774. The van der Waals surface area contributed by atoms with Crippen LogP contribution in [0.5, 0.6) is 0 Å². The SMILES string of the molecule is Cn1cc(-c2nc(C(=O)N3C[C@H](C4CC4)C[C@@H]3C3CC3)cs2)cn1. The van der Waals surface area contributed by atoms with Gasteiger partial charge in [-0.1, -0.05) is 0 Å². The first kappa shape index (κ1) is 14.6. The smallest absolute Gasteiger partial charge is 0.273 e. The van der Waals surface area contributed by atoms with Crippen molar-refractivity contribution in [3.05, 3.63) is 23.5 Å². The Labute approximate surface area is 145 Å². The predicted octanol–water partition coefficient (Wildman–Crippen LogP) is 3.19. The minimum Gasteiger partial charge on any atom is -0.334 e. The van der Waals surface area contributed by atoms with Gasteiger partial charge in [-0.15, -0.1) is 11.3 Å². The zero-order valence-corrected chi connectivity index (χ0v) is 14.7.